The summed E-state index contributed by atoms with van der Waals surface area (Å²) in [5.74, 6) is 0. The van der Waals surface area contributed by atoms with Crippen LogP contribution >= 0.6 is 23.2 Å². The van der Waals surface area contributed by atoms with Crippen LogP contribution in [0.15, 0.2) is 18.2 Å². The molecule has 24 heavy (non-hydrogen) atoms. The van der Waals surface area contributed by atoms with Crippen LogP contribution in [0.5, 0.6) is 0 Å². The van der Waals surface area contributed by atoms with E-state index in [9.17, 15) is 0 Å². The Bertz CT molecular complexity index is 480. The molecule has 0 radical (unpaired) electrons. The van der Waals surface area contributed by atoms with Crippen LogP contribution in [0.3, 0.4) is 0 Å². The quantitative estimate of drug-likeness (QED) is 0.633. The molecule has 6 heteroatoms. The number of benzene rings is 1. The van der Waals surface area contributed by atoms with E-state index in [1.54, 1.807) is 0 Å². The van der Waals surface area contributed by atoms with E-state index in [0.29, 0.717) is 10.0 Å². The Balaban J connectivity index is 1.59. The molecule has 4 nitrogen and oxygen atoms in total. The molecule has 0 bridgehead atoms. The Kier molecular flexibility index (Phi) is 9.21. The molecule has 1 aliphatic rings. The third kappa shape index (κ3) is 6.41. The molecule has 0 amide bonds. The van der Waals surface area contributed by atoms with Gasteiger partial charge in [-0.3, -0.25) is 4.90 Å². The zero-order chi connectivity index (χ0) is 17.2. The molecule has 136 valence electrons. The highest BCUT2D eigenvalue weighted by Gasteiger charge is 2.19. The van der Waals surface area contributed by atoms with Gasteiger partial charge in [-0.1, -0.05) is 29.3 Å². The molecule has 0 atom stereocenters. The zero-order valence-corrected chi connectivity index (χ0v) is 15.7. The average Bonchev–Trinajstić information content (AvgIpc) is 2.60. The second-order valence-electron chi connectivity index (χ2n) is 6.15. The van der Waals surface area contributed by atoms with Crippen LogP contribution < -0.4 is 4.90 Å². The van der Waals surface area contributed by atoms with E-state index >= 15 is 0 Å². The number of ether oxygens (including phenoxy) is 1. The van der Waals surface area contributed by atoms with Gasteiger partial charge >= 0.3 is 0 Å². The Hall–Kier alpha value is -0.520. The number of halogens is 2. The standard InChI is InChI=1S/C18H28Cl2N2O2/c19-16-6-5-7-17(18(16)20)22-11-9-21(10-12-22)8-1-3-14-24-15-4-2-13-23/h5-7,23H,1-4,8-15H2. The minimum Gasteiger partial charge on any atom is -0.396 e. The number of aliphatic hydroxyl groups excluding tert-OH is 1. The minimum absolute atomic E-state index is 0.260. The van der Waals surface area contributed by atoms with E-state index in [0.717, 1.165) is 77.3 Å². The molecule has 0 aliphatic carbocycles. The van der Waals surface area contributed by atoms with Gasteiger partial charge in [-0.25, -0.2) is 0 Å². The molecule has 1 aromatic rings. The molecule has 0 aromatic heterocycles. The number of piperazine rings is 1. The summed E-state index contributed by atoms with van der Waals surface area (Å²) in [6.45, 7) is 7.05. The summed E-state index contributed by atoms with van der Waals surface area (Å²) in [6.07, 6.45) is 4.04. The number of unbranched alkanes of at least 4 members (excludes halogenated alkanes) is 2. The van der Waals surface area contributed by atoms with Gasteiger partial charge in [0.1, 0.15) is 0 Å². The third-order valence-electron chi connectivity index (χ3n) is 4.35. The molecule has 1 heterocycles. The number of nitrogens with zero attached hydrogens (tertiary/aromatic N) is 2. The van der Waals surface area contributed by atoms with Crippen molar-refractivity contribution in [2.45, 2.75) is 25.7 Å². The van der Waals surface area contributed by atoms with E-state index in [-0.39, 0.29) is 6.61 Å². The van der Waals surface area contributed by atoms with Gasteiger partial charge in [0, 0.05) is 46.0 Å². The van der Waals surface area contributed by atoms with Crippen LogP contribution in [0, 0.1) is 0 Å². The molecule has 1 aliphatic heterocycles. The van der Waals surface area contributed by atoms with Crippen molar-refractivity contribution in [3.05, 3.63) is 28.2 Å². The molecule has 1 N–H and O–H groups in total. The van der Waals surface area contributed by atoms with Crippen LogP contribution in [-0.4, -0.2) is 62.6 Å². The van der Waals surface area contributed by atoms with Gasteiger partial charge < -0.3 is 14.7 Å². The van der Waals surface area contributed by atoms with Gasteiger partial charge in [-0.05, 0) is 44.4 Å². The molecule has 1 saturated heterocycles. The molecule has 2 rings (SSSR count). The highest BCUT2D eigenvalue weighted by atomic mass is 35.5. The van der Waals surface area contributed by atoms with Crippen LogP contribution in [0.1, 0.15) is 25.7 Å². The molecule has 1 aromatic carbocycles. The van der Waals surface area contributed by atoms with Gasteiger partial charge in [0.2, 0.25) is 0 Å². The van der Waals surface area contributed by atoms with Crippen molar-refractivity contribution in [2.75, 3.05) is 57.4 Å². The maximum atomic E-state index is 8.69. The van der Waals surface area contributed by atoms with Crippen LogP contribution in [-0.2, 0) is 4.74 Å². The van der Waals surface area contributed by atoms with Crippen molar-refractivity contribution in [3.8, 4) is 0 Å². The monoisotopic (exact) mass is 374 g/mol. The minimum atomic E-state index is 0.260. The van der Waals surface area contributed by atoms with E-state index in [4.69, 9.17) is 33.0 Å². The molecule has 0 spiro atoms. The summed E-state index contributed by atoms with van der Waals surface area (Å²) in [4.78, 5) is 4.82. The Morgan fingerprint density at radius 1 is 0.958 bits per heavy atom. The summed E-state index contributed by atoms with van der Waals surface area (Å²) >= 11 is 12.4. The summed E-state index contributed by atoms with van der Waals surface area (Å²) in [5.41, 5.74) is 1.04. The highest BCUT2D eigenvalue weighted by molar-refractivity contribution is 6.43. The highest BCUT2D eigenvalue weighted by Crippen LogP contribution is 2.32. The first-order valence-corrected chi connectivity index (χ1v) is 9.58. The second-order valence-corrected chi connectivity index (χ2v) is 6.94. The lowest BCUT2D eigenvalue weighted by Crippen LogP contribution is -2.46. The number of hydrogen-bond donors (Lipinski definition) is 1. The summed E-state index contributed by atoms with van der Waals surface area (Å²) < 4.78 is 5.56. The zero-order valence-electron chi connectivity index (χ0n) is 14.2. The Labute approximate surface area is 155 Å². The van der Waals surface area contributed by atoms with Crippen molar-refractivity contribution in [3.63, 3.8) is 0 Å². The lowest BCUT2D eigenvalue weighted by atomic mass is 10.2. The average molecular weight is 375 g/mol. The van der Waals surface area contributed by atoms with Crippen molar-refractivity contribution < 1.29 is 9.84 Å². The van der Waals surface area contributed by atoms with Gasteiger partial charge in [0.25, 0.3) is 0 Å². The molecule has 1 fully saturated rings. The number of aliphatic hydroxyl groups is 1. The second kappa shape index (κ2) is 11.2. The van der Waals surface area contributed by atoms with Crippen LogP contribution in [0.2, 0.25) is 10.0 Å². The fraction of sp³-hybridized carbons (Fsp3) is 0.667. The van der Waals surface area contributed by atoms with E-state index in [1.165, 1.54) is 0 Å². The Morgan fingerprint density at radius 2 is 1.67 bits per heavy atom. The topological polar surface area (TPSA) is 35.9 Å². The summed E-state index contributed by atoms with van der Waals surface area (Å²) in [6, 6.07) is 5.82. The van der Waals surface area contributed by atoms with Gasteiger partial charge in [-0.15, -0.1) is 0 Å². The molecular weight excluding hydrogens is 347 g/mol. The summed E-state index contributed by atoms with van der Waals surface area (Å²) in [7, 11) is 0. The van der Waals surface area contributed by atoms with E-state index < -0.39 is 0 Å². The number of hydrogen-bond acceptors (Lipinski definition) is 4. The smallest absolute Gasteiger partial charge is 0.0825 e. The fourth-order valence-electron chi connectivity index (χ4n) is 2.91. The van der Waals surface area contributed by atoms with Crippen molar-refractivity contribution in [2.24, 2.45) is 0 Å². The van der Waals surface area contributed by atoms with E-state index in [2.05, 4.69) is 9.80 Å². The van der Waals surface area contributed by atoms with Gasteiger partial charge in [-0.2, -0.15) is 0 Å². The molecular formula is C18H28Cl2N2O2. The van der Waals surface area contributed by atoms with Crippen molar-refractivity contribution in [1.29, 1.82) is 0 Å². The lowest BCUT2D eigenvalue weighted by molar-refractivity contribution is 0.118. The first kappa shape index (κ1) is 19.8. The predicted octanol–water partition coefficient (Wildman–Crippen LogP) is 3.68. The number of anilines is 1. The largest absolute Gasteiger partial charge is 0.396 e. The molecule has 0 saturated carbocycles. The maximum absolute atomic E-state index is 8.69. The third-order valence-corrected chi connectivity index (χ3v) is 5.16. The number of rotatable bonds is 10. The lowest BCUT2D eigenvalue weighted by Gasteiger charge is -2.36. The van der Waals surface area contributed by atoms with Gasteiger partial charge in [0.15, 0.2) is 0 Å². The van der Waals surface area contributed by atoms with Crippen LogP contribution in [0.25, 0.3) is 0 Å². The SMILES string of the molecule is OCCCCOCCCCN1CCN(c2cccc(Cl)c2Cl)CC1. The summed E-state index contributed by atoms with van der Waals surface area (Å²) in [5, 5.41) is 9.97. The van der Waals surface area contributed by atoms with Crippen molar-refractivity contribution in [1.82, 2.24) is 4.90 Å². The fourth-order valence-corrected chi connectivity index (χ4v) is 3.32. The van der Waals surface area contributed by atoms with E-state index in [1.807, 2.05) is 18.2 Å². The molecule has 0 unspecified atom stereocenters. The maximum Gasteiger partial charge on any atom is 0.0825 e. The first-order valence-electron chi connectivity index (χ1n) is 8.82. The first-order chi connectivity index (χ1) is 11.7. The normalized spacial score (nSPS) is 15.9. The van der Waals surface area contributed by atoms with Gasteiger partial charge in [0.05, 0.1) is 15.7 Å². The van der Waals surface area contributed by atoms with Crippen LogP contribution in [0.4, 0.5) is 5.69 Å². The predicted molar refractivity (Wildman–Crippen MR) is 101 cm³/mol. The van der Waals surface area contributed by atoms with Crippen molar-refractivity contribution >= 4 is 28.9 Å². The Morgan fingerprint density at radius 3 is 2.38 bits per heavy atom.